The summed E-state index contributed by atoms with van der Waals surface area (Å²) < 4.78 is 42.9. The van der Waals surface area contributed by atoms with Crippen LogP contribution in [0.4, 0.5) is 0 Å². The number of rotatable bonds is 13. The van der Waals surface area contributed by atoms with Crippen LogP contribution in [0.25, 0.3) is 0 Å². The van der Waals surface area contributed by atoms with Gasteiger partial charge in [0.15, 0.2) is 0 Å². The Morgan fingerprint density at radius 1 is 0.878 bits per heavy atom. The number of fused-ring (bicyclic) bond motifs is 1. The van der Waals surface area contributed by atoms with Crippen LogP contribution >= 0.6 is 24.1 Å². The van der Waals surface area contributed by atoms with E-state index in [9.17, 15) is 17.8 Å². The van der Waals surface area contributed by atoms with Crippen molar-refractivity contribution in [2.75, 3.05) is 0 Å². The van der Waals surface area contributed by atoms with Gasteiger partial charge in [0, 0.05) is 34.8 Å². The molecule has 0 aromatic carbocycles. The molecule has 8 atom stereocenters. The van der Waals surface area contributed by atoms with Crippen LogP contribution in [-0.4, -0.2) is 65.4 Å². The van der Waals surface area contributed by atoms with E-state index in [0.29, 0.717) is 29.8 Å². The maximum absolute atomic E-state index is 12.1. The van der Waals surface area contributed by atoms with E-state index in [1.54, 1.807) is 6.08 Å². The normalized spacial score (nSPS) is 33.5. The van der Waals surface area contributed by atoms with Crippen LogP contribution in [-0.2, 0) is 33.7 Å². The van der Waals surface area contributed by atoms with Gasteiger partial charge >= 0.3 is 0 Å². The van der Waals surface area contributed by atoms with Crippen molar-refractivity contribution >= 4 is 40.6 Å². The third kappa shape index (κ3) is 8.87. The molecule has 0 bridgehead atoms. The van der Waals surface area contributed by atoms with Crippen molar-refractivity contribution < 1.29 is 47.0 Å². The van der Waals surface area contributed by atoms with Crippen LogP contribution in [0, 0.1) is 11.8 Å². The van der Waals surface area contributed by atoms with Crippen LogP contribution in [0.1, 0.15) is 25.7 Å². The number of allylic oxidation sites excluding steroid dienone is 1. The Morgan fingerprint density at radius 3 is 2.32 bits per heavy atom. The van der Waals surface area contributed by atoms with E-state index in [-0.39, 0.29) is 41.3 Å². The first-order valence-electron chi connectivity index (χ1n) is 12.6. The van der Waals surface area contributed by atoms with Crippen LogP contribution < -0.4 is 5.32 Å². The molecular weight excluding hydrogens is 602 g/mol. The molecule has 0 aromatic rings. The van der Waals surface area contributed by atoms with Crippen molar-refractivity contribution in [1.29, 1.82) is 0 Å². The first-order valence-corrected chi connectivity index (χ1v) is 15.5. The van der Waals surface area contributed by atoms with E-state index in [1.165, 1.54) is 6.08 Å². The fraction of sp³-hybridized carbons (Fsp3) is 0.522. The van der Waals surface area contributed by atoms with Gasteiger partial charge in [0.2, 0.25) is 6.41 Å². The molecular formula is C23H29N5O10S3. The standard InChI is InChI=1S/C23H29N5O10S3/c29-13-24-14-1-3-15(4-2-14)25-26-20-9-10-21(19-11-16(39-37-35-30)5-7-18(19)20)27-28-22-8-6-17(40-38-36-31)12-23(22)41(32,33)34/h1,3,5,7,9-15,17-22,30-31H,2,4,6,8H2,(H,24,29)(H,32,33,34). The molecule has 224 valence electrons. The third-order valence-electron chi connectivity index (χ3n) is 6.94. The SMILES string of the molecule is O=CNC1C=CC(N=NC2C=CC(N=NC3CCC(SOOO)C=C3S(=O)(=O)O)C3C=C(SOOO)C=CC23)CC1. The zero-order chi connectivity index (χ0) is 29.2. The topological polar surface area (TPSA) is 210 Å². The molecule has 0 aliphatic heterocycles. The first-order chi connectivity index (χ1) is 19.8. The Morgan fingerprint density at radius 2 is 1.63 bits per heavy atom. The first kappa shape index (κ1) is 31.7. The van der Waals surface area contributed by atoms with Crippen molar-refractivity contribution in [3.05, 3.63) is 58.4 Å². The summed E-state index contributed by atoms with van der Waals surface area (Å²) in [5.74, 6) is -0.436. The number of amides is 1. The second kappa shape index (κ2) is 15.3. The zero-order valence-corrected chi connectivity index (χ0v) is 23.8. The van der Waals surface area contributed by atoms with Gasteiger partial charge in [-0.25, -0.2) is 10.5 Å². The number of hydrogen-bond acceptors (Lipinski definition) is 15. The maximum atomic E-state index is 12.1. The van der Waals surface area contributed by atoms with Crippen LogP contribution in [0.5, 0.6) is 0 Å². The Bertz CT molecular complexity index is 1240. The smallest absolute Gasteiger partial charge is 0.292 e. The Labute approximate surface area is 244 Å². The number of nitrogens with one attached hydrogen (secondary N) is 1. The molecule has 4 aliphatic carbocycles. The molecule has 1 amide bonds. The monoisotopic (exact) mass is 631 g/mol. The molecule has 4 N–H and O–H groups in total. The van der Waals surface area contributed by atoms with E-state index in [0.717, 1.165) is 24.9 Å². The van der Waals surface area contributed by atoms with Gasteiger partial charge in [-0.05, 0) is 31.8 Å². The Hall–Kier alpha value is -2.26. The van der Waals surface area contributed by atoms with E-state index < -0.39 is 27.5 Å². The molecule has 0 fully saturated rings. The lowest BCUT2D eigenvalue weighted by Gasteiger charge is -2.34. The molecule has 0 spiro atoms. The molecule has 0 heterocycles. The average Bonchev–Trinajstić information content (AvgIpc) is 2.97. The van der Waals surface area contributed by atoms with Gasteiger partial charge in [-0.1, -0.05) is 52.6 Å². The number of azo groups is 2. The quantitative estimate of drug-likeness (QED) is 0.0429. The molecule has 8 unspecified atom stereocenters. The molecule has 41 heavy (non-hydrogen) atoms. The van der Waals surface area contributed by atoms with E-state index in [1.807, 2.05) is 36.5 Å². The summed E-state index contributed by atoms with van der Waals surface area (Å²) in [7, 11) is -4.58. The molecule has 0 radical (unpaired) electrons. The molecule has 0 saturated carbocycles. The molecule has 18 heteroatoms. The third-order valence-corrected chi connectivity index (χ3v) is 9.30. The van der Waals surface area contributed by atoms with Crippen molar-refractivity contribution in [3.8, 4) is 0 Å². The second-order valence-corrected chi connectivity index (χ2v) is 12.6. The number of carbonyl (C=O) groups is 1. The van der Waals surface area contributed by atoms with Crippen molar-refractivity contribution in [2.45, 2.75) is 61.1 Å². The highest BCUT2D eigenvalue weighted by Gasteiger charge is 2.37. The molecule has 4 aliphatic rings. The van der Waals surface area contributed by atoms with Gasteiger partial charge in [-0.15, -0.1) is 8.67 Å². The average molecular weight is 632 g/mol. The van der Waals surface area contributed by atoms with E-state index in [4.69, 9.17) is 10.5 Å². The van der Waals surface area contributed by atoms with Gasteiger partial charge in [0.25, 0.3) is 10.1 Å². The summed E-state index contributed by atoms with van der Waals surface area (Å²) in [5, 5.41) is 44.3. The summed E-state index contributed by atoms with van der Waals surface area (Å²) in [5.41, 5.74) is 0. The minimum Gasteiger partial charge on any atom is -0.352 e. The minimum atomic E-state index is -4.58. The predicted molar refractivity (Wildman–Crippen MR) is 147 cm³/mol. The summed E-state index contributed by atoms with van der Waals surface area (Å²) >= 11 is 1.50. The summed E-state index contributed by atoms with van der Waals surface area (Å²) in [4.78, 5) is 11.0. The van der Waals surface area contributed by atoms with Crippen LogP contribution in [0.2, 0.25) is 0 Å². The highest BCUT2D eigenvalue weighted by atomic mass is 32.2. The Kier molecular flexibility index (Phi) is 11.8. The fourth-order valence-corrected chi connectivity index (χ4v) is 6.95. The lowest BCUT2D eigenvalue weighted by Crippen LogP contribution is -2.35. The van der Waals surface area contributed by atoms with Crippen molar-refractivity contribution in [1.82, 2.24) is 5.32 Å². The summed E-state index contributed by atoms with van der Waals surface area (Å²) in [6.45, 7) is 0. The maximum Gasteiger partial charge on any atom is 0.292 e. The lowest BCUT2D eigenvalue weighted by molar-refractivity contribution is -0.432. The van der Waals surface area contributed by atoms with Gasteiger partial charge in [-0.3, -0.25) is 9.35 Å². The second-order valence-electron chi connectivity index (χ2n) is 9.47. The van der Waals surface area contributed by atoms with Crippen molar-refractivity contribution in [2.24, 2.45) is 32.3 Å². The molecule has 0 saturated heterocycles. The molecule has 15 nitrogen and oxygen atoms in total. The largest absolute Gasteiger partial charge is 0.352 e. The number of hydrogen-bond donors (Lipinski definition) is 4. The Balaban J connectivity index is 1.53. The summed E-state index contributed by atoms with van der Waals surface area (Å²) in [6, 6.07) is -1.85. The van der Waals surface area contributed by atoms with Gasteiger partial charge < -0.3 is 5.32 Å². The molecule has 4 rings (SSSR count). The van der Waals surface area contributed by atoms with E-state index >= 15 is 0 Å². The van der Waals surface area contributed by atoms with Crippen LogP contribution in [0.3, 0.4) is 0 Å². The van der Waals surface area contributed by atoms with Crippen LogP contribution in [0.15, 0.2) is 78.9 Å². The predicted octanol–water partition coefficient (Wildman–Crippen LogP) is 4.16. The zero-order valence-electron chi connectivity index (χ0n) is 21.4. The van der Waals surface area contributed by atoms with Gasteiger partial charge in [-0.2, -0.15) is 28.9 Å². The highest BCUT2D eigenvalue weighted by molar-refractivity contribution is 7.98. The van der Waals surface area contributed by atoms with Gasteiger partial charge in [0.05, 0.1) is 40.3 Å². The number of nitrogens with zero attached hydrogens (tertiary/aromatic N) is 4. The lowest BCUT2D eigenvalue weighted by atomic mass is 9.75. The highest BCUT2D eigenvalue weighted by Crippen LogP contribution is 2.40. The summed E-state index contributed by atoms with van der Waals surface area (Å²) in [6.07, 6.45) is 17.3. The van der Waals surface area contributed by atoms with Crippen molar-refractivity contribution in [3.63, 3.8) is 0 Å². The fourth-order valence-electron chi connectivity index (χ4n) is 4.99. The van der Waals surface area contributed by atoms with E-state index in [2.05, 4.69) is 44.5 Å². The minimum absolute atomic E-state index is 0.00985. The molecule has 0 aromatic heterocycles. The number of carbonyl (C=O) groups excluding carboxylic acids is 1. The van der Waals surface area contributed by atoms with Gasteiger partial charge in [0.1, 0.15) is 6.04 Å².